The molecule has 0 fully saturated rings. The molecule has 118 valence electrons. The number of hydrogen-bond donors (Lipinski definition) is 1. The van der Waals surface area contributed by atoms with Crippen LogP contribution < -0.4 is 10.1 Å². The van der Waals surface area contributed by atoms with Crippen molar-refractivity contribution in [3.05, 3.63) is 51.7 Å². The van der Waals surface area contributed by atoms with Gasteiger partial charge in [0.2, 0.25) is 5.91 Å². The lowest BCUT2D eigenvalue weighted by molar-refractivity contribution is -0.122. The summed E-state index contributed by atoms with van der Waals surface area (Å²) in [5.41, 5.74) is 2.31. The first kappa shape index (κ1) is 16.6. The van der Waals surface area contributed by atoms with Crippen molar-refractivity contribution in [2.75, 3.05) is 6.61 Å². The van der Waals surface area contributed by atoms with Crippen LogP contribution in [-0.2, 0) is 4.79 Å². The lowest BCUT2D eigenvalue weighted by Crippen LogP contribution is -2.28. The number of aryl methyl sites for hydroxylation is 2. The van der Waals surface area contributed by atoms with Gasteiger partial charge in [-0.3, -0.25) is 4.79 Å². The summed E-state index contributed by atoms with van der Waals surface area (Å²) in [5, 5.41) is 5.11. The molecule has 1 heterocycles. The molecule has 0 saturated carbocycles. The minimum atomic E-state index is 0.0324. The molecule has 1 atom stereocenters. The van der Waals surface area contributed by atoms with Crippen molar-refractivity contribution in [1.82, 2.24) is 5.32 Å². The number of amides is 1. The van der Waals surface area contributed by atoms with Crippen LogP contribution in [0, 0.1) is 13.8 Å². The van der Waals surface area contributed by atoms with Gasteiger partial charge in [-0.05, 0) is 43.3 Å². The highest BCUT2D eigenvalue weighted by Gasteiger charge is 2.13. The second kappa shape index (κ2) is 7.99. The maximum Gasteiger partial charge on any atom is 0.223 e. The Morgan fingerprint density at radius 2 is 2.14 bits per heavy atom. The highest BCUT2D eigenvalue weighted by molar-refractivity contribution is 7.10. The number of benzene rings is 1. The van der Waals surface area contributed by atoms with Crippen molar-refractivity contribution < 1.29 is 9.53 Å². The molecule has 0 aliphatic heterocycles. The predicted octanol–water partition coefficient (Wildman–Crippen LogP) is 4.40. The van der Waals surface area contributed by atoms with Crippen LogP contribution in [0.25, 0.3) is 0 Å². The lowest BCUT2D eigenvalue weighted by atomic mass is 10.1. The fourth-order valence-corrected chi connectivity index (χ4v) is 3.21. The molecule has 22 heavy (non-hydrogen) atoms. The Hall–Kier alpha value is -1.81. The van der Waals surface area contributed by atoms with Gasteiger partial charge in [-0.25, -0.2) is 0 Å². The van der Waals surface area contributed by atoms with E-state index in [9.17, 15) is 4.79 Å². The van der Waals surface area contributed by atoms with E-state index in [4.69, 9.17) is 4.74 Å². The second-order valence-corrected chi connectivity index (χ2v) is 6.39. The molecule has 0 aliphatic rings. The van der Waals surface area contributed by atoms with Crippen LogP contribution in [0.15, 0.2) is 35.7 Å². The molecule has 0 bridgehead atoms. The summed E-state index contributed by atoms with van der Waals surface area (Å²) >= 11 is 1.68. The Morgan fingerprint density at radius 1 is 1.32 bits per heavy atom. The van der Waals surface area contributed by atoms with Gasteiger partial charge in [0.15, 0.2) is 0 Å². The Morgan fingerprint density at radius 3 is 2.77 bits per heavy atom. The van der Waals surface area contributed by atoms with Gasteiger partial charge >= 0.3 is 0 Å². The number of thiophene rings is 1. The summed E-state index contributed by atoms with van der Waals surface area (Å²) in [6.45, 7) is 6.55. The molecule has 1 amide bonds. The third kappa shape index (κ3) is 4.60. The largest absolute Gasteiger partial charge is 0.493 e. The third-order valence-corrected chi connectivity index (χ3v) is 4.53. The number of nitrogens with one attached hydrogen (secondary N) is 1. The Balaban J connectivity index is 1.80. The SMILES string of the molecule is CCC(NC(=O)CCOc1ccc(C)cc1C)c1cccs1. The molecule has 2 aromatic rings. The predicted molar refractivity (Wildman–Crippen MR) is 91.5 cm³/mol. The summed E-state index contributed by atoms with van der Waals surface area (Å²) < 4.78 is 5.71. The van der Waals surface area contributed by atoms with E-state index >= 15 is 0 Å². The summed E-state index contributed by atoms with van der Waals surface area (Å²) in [7, 11) is 0. The van der Waals surface area contributed by atoms with Crippen molar-refractivity contribution in [3.63, 3.8) is 0 Å². The van der Waals surface area contributed by atoms with Gasteiger partial charge in [-0.2, -0.15) is 0 Å². The summed E-state index contributed by atoms with van der Waals surface area (Å²) in [4.78, 5) is 13.3. The molecule has 3 nitrogen and oxygen atoms in total. The first-order chi connectivity index (χ1) is 10.6. The minimum Gasteiger partial charge on any atom is -0.493 e. The van der Waals surface area contributed by atoms with Crippen LogP contribution in [0.1, 0.15) is 41.8 Å². The maximum atomic E-state index is 12.1. The first-order valence-corrected chi connectivity index (χ1v) is 8.51. The fourth-order valence-electron chi connectivity index (χ4n) is 2.35. The van der Waals surface area contributed by atoms with Gasteiger partial charge in [-0.1, -0.05) is 30.7 Å². The number of hydrogen-bond acceptors (Lipinski definition) is 3. The van der Waals surface area contributed by atoms with E-state index in [2.05, 4.69) is 31.3 Å². The highest BCUT2D eigenvalue weighted by Crippen LogP contribution is 2.22. The Kier molecular flexibility index (Phi) is 6.01. The number of rotatable bonds is 7. The van der Waals surface area contributed by atoms with Crippen LogP contribution in [0.3, 0.4) is 0 Å². The van der Waals surface area contributed by atoms with Gasteiger partial charge in [0.1, 0.15) is 5.75 Å². The van der Waals surface area contributed by atoms with Crippen LogP contribution in [-0.4, -0.2) is 12.5 Å². The normalized spacial score (nSPS) is 12.0. The van der Waals surface area contributed by atoms with Crippen molar-refractivity contribution in [2.45, 2.75) is 39.7 Å². The topological polar surface area (TPSA) is 38.3 Å². The number of carbonyl (C=O) groups excluding carboxylic acids is 1. The van der Waals surface area contributed by atoms with Crippen LogP contribution >= 0.6 is 11.3 Å². The summed E-state index contributed by atoms with van der Waals surface area (Å²) in [5.74, 6) is 0.883. The van der Waals surface area contributed by atoms with E-state index in [1.54, 1.807) is 11.3 Å². The van der Waals surface area contributed by atoms with E-state index in [1.807, 2.05) is 30.5 Å². The molecule has 0 aliphatic carbocycles. The second-order valence-electron chi connectivity index (χ2n) is 5.41. The van der Waals surface area contributed by atoms with E-state index in [1.165, 1.54) is 10.4 Å². The fraction of sp³-hybridized carbons (Fsp3) is 0.389. The molecule has 1 N–H and O–H groups in total. The number of carbonyl (C=O) groups is 1. The molecule has 0 spiro atoms. The highest BCUT2D eigenvalue weighted by atomic mass is 32.1. The zero-order valence-electron chi connectivity index (χ0n) is 13.4. The van der Waals surface area contributed by atoms with E-state index in [0.717, 1.165) is 17.7 Å². The molecule has 4 heteroatoms. The number of ether oxygens (including phenoxy) is 1. The van der Waals surface area contributed by atoms with E-state index in [0.29, 0.717) is 13.0 Å². The van der Waals surface area contributed by atoms with Crippen LogP contribution in [0.4, 0.5) is 0 Å². The lowest BCUT2D eigenvalue weighted by Gasteiger charge is -2.16. The molecule has 1 aromatic carbocycles. The summed E-state index contributed by atoms with van der Waals surface area (Å²) in [6, 6.07) is 10.2. The van der Waals surface area contributed by atoms with Gasteiger partial charge in [0.25, 0.3) is 0 Å². The maximum absolute atomic E-state index is 12.1. The van der Waals surface area contributed by atoms with Gasteiger partial charge < -0.3 is 10.1 Å². The zero-order valence-corrected chi connectivity index (χ0v) is 14.2. The molecular formula is C18H23NO2S. The first-order valence-electron chi connectivity index (χ1n) is 7.63. The third-order valence-electron chi connectivity index (χ3n) is 3.55. The Labute approximate surface area is 136 Å². The van der Waals surface area contributed by atoms with Crippen molar-refractivity contribution in [1.29, 1.82) is 0 Å². The van der Waals surface area contributed by atoms with Crippen molar-refractivity contribution >= 4 is 17.2 Å². The smallest absolute Gasteiger partial charge is 0.223 e. The van der Waals surface area contributed by atoms with Gasteiger partial charge in [0, 0.05) is 4.88 Å². The Bertz CT molecular complexity index is 608. The van der Waals surface area contributed by atoms with Crippen molar-refractivity contribution in [3.8, 4) is 5.75 Å². The molecule has 1 unspecified atom stereocenters. The zero-order chi connectivity index (χ0) is 15.9. The minimum absolute atomic E-state index is 0.0324. The quantitative estimate of drug-likeness (QED) is 0.822. The molecule has 0 radical (unpaired) electrons. The average molecular weight is 317 g/mol. The van der Waals surface area contributed by atoms with E-state index < -0.39 is 0 Å². The average Bonchev–Trinajstić information content (AvgIpc) is 3.01. The van der Waals surface area contributed by atoms with Gasteiger partial charge in [0.05, 0.1) is 19.1 Å². The molecular weight excluding hydrogens is 294 g/mol. The monoisotopic (exact) mass is 317 g/mol. The molecule has 1 aromatic heterocycles. The van der Waals surface area contributed by atoms with Crippen LogP contribution in [0.5, 0.6) is 5.75 Å². The summed E-state index contributed by atoms with van der Waals surface area (Å²) in [6.07, 6.45) is 1.26. The standard InChI is InChI=1S/C18H23NO2S/c1-4-15(17-6-5-11-22-17)19-18(20)9-10-21-16-8-7-13(2)12-14(16)3/h5-8,11-12,15H,4,9-10H2,1-3H3,(H,19,20). The molecule has 0 saturated heterocycles. The van der Waals surface area contributed by atoms with Crippen LogP contribution in [0.2, 0.25) is 0 Å². The van der Waals surface area contributed by atoms with Crippen molar-refractivity contribution in [2.24, 2.45) is 0 Å². The molecule has 2 rings (SSSR count). The van der Waals surface area contributed by atoms with Gasteiger partial charge in [-0.15, -0.1) is 11.3 Å². The van der Waals surface area contributed by atoms with E-state index in [-0.39, 0.29) is 11.9 Å².